The van der Waals surface area contributed by atoms with E-state index >= 15 is 0 Å². The van der Waals surface area contributed by atoms with Crippen molar-refractivity contribution < 1.29 is 9.21 Å². The van der Waals surface area contributed by atoms with Crippen LogP contribution in [0.4, 0.5) is 0 Å². The van der Waals surface area contributed by atoms with Crippen molar-refractivity contribution in [3.05, 3.63) is 108 Å². The molecule has 0 N–H and O–H groups in total. The first kappa shape index (κ1) is 14.8. The number of furan rings is 1. The Labute approximate surface area is 135 Å². The van der Waals surface area contributed by atoms with E-state index < -0.39 is 0 Å². The number of hydrogen-bond acceptors (Lipinski definition) is 2. The van der Waals surface area contributed by atoms with Gasteiger partial charge in [-0.3, -0.25) is 4.79 Å². The second-order valence-electron chi connectivity index (χ2n) is 5.02. The maximum atomic E-state index is 11.8. The van der Waals surface area contributed by atoms with E-state index in [0.29, 0.717) is 0 Å². The number of rotatable bonds is 2. The molecule has 0 unspecified atom stereocenters. The Morgan fingerprint density at radius 3 is 1.70 bits per heavy atom. The van der Waals surface area contributed by atoms with Gasteiger partial charge in [0.2, 0.25) is 0 Å². The van der Waals surface area contributed by atoms with Gasteiger partial charge < -0.3 is 4.42 Å². The van der Waals surface area contributed by atoms with Crippen LogP contribution in [0.3, 0.4) is 0 Å². The molecule has 4 rings (SSSR count). The quantitative estimate of drug-likeness (QED) is 0.467. The topological polar surface area (TPSA) is 30.2 Å². The summed E-state index contributed by atoms with van der Waals surface area (Å²) in [5, 5.41) is 1.16. The maximum Gasteiger partial charge on any atom is 0.193 e. The van der Waals surface area contributed by atoms with Crippen LogP contribution in [0.5, 0.6) is 0 Å². The molecule has 0 saturated carbocycles. The molecule has 0 bridgehead atoms. The lowest BCUT2D eigenvalue weighted by atomic mass is 10.0. The van der Waals surface area contributed by atoms with E-state index in [0.717, 1.165) is 22.1 Å². The zero-order valence-electron chi connectivity index (χ0n) is 12.6. The van der Waals surface area contributed by atoms with Gasteiger partial charge in [-0.05, 0) is 12.1 Å². The van der Waals surface area contributed by atoms with Crippen molar-refractivity contribution >= 4 is 16.8 Å². The summed E-state index contributed by atoms with van der Waals surface area (Å²) in [6, 6.07) is 28.5. The van der Waals surface area contributed by atoms with Crippen molar-refractivity contribution in [3.63, 3.8) is 0 Å². The second-order valence-corrected chi connectivity index (χ2v) is 5.02. The zero-order valence-corrected chi connectivity index (χ0v) is 12.6. The fraction of sp³-hybridized carbons (Fsp3) is 0. The lowest BCUT2D eigenvalue weighted by molar-refractivity contribution is 0.103. The van der Waals surface area contributed by atoms with Gasteiger partial charge in [-0.25, -0.2) is 0 Å². The molecular weight excluding hydrogens is 284 g/mol. The van der Waals surface area contributed by atoms with Crippen LogP contribution in [-0.4, -0.2) is 5.78 Å². The third-order valence-corrected chi connectivity index (χ3v) is 3.43. The maximum absolute atomic E-state index is 11.8. The van der Waals surface area contributed by atoms with Gasteiger partial charge >= 0.3 is 0 Å². The first-order chi connectivity index (χ1) is 11.3. The number of ketones is 1. The Balaban J connectivity index is 0.000000149. The fourth-order valence-electron chi connectivity index (χ4n) is 2.25. The largest absolute Gasteiger partial charge is 0.464 e. The highest BCUT2D eigenvalue weighted by atomic mass is 16.3. The van der Waals surface area contributed by atoms with Crippen LogP contribution in [0.2, 0.25) is 0 Å². The molecule has 0 aliphatic carbocycles. The van der Waals surface area contributed by atoms with E-state index in [1.54, 1.807) is 6.26 Å². The van der Waals surface area contributed by atoms with Gasteiger partial charge in [-0.2, -0.15) is 0 Å². The van der Waals surface area contributed by atoms with Crippen LogP contribution in [0.1, 0.15) is 15.9 Å². The average molecular weight is 300 g/mol. The Morgan fingerprint density at radius 2 is 1.13 bits per heavy atom. The molecule has 112 valence electrons. The number of benzene rings is 3. The Kier molecular flexibility index (Phi) is 4.65. The van der Waals surface area contributed by atoms with Gasteiger partial charge in [-0.15, -0.1) is 0 Å². The minimum absolute atomic E-state index is 0.0752. The molecule has 0 aliphatic heterocycles. The summed E-state index contributed by atoms with van der Waals surface area (Å²) in [4.78, 5) is 11.8. The van der Waals surface area contributed by atoms with Gasteiger partial charge in [0, 0.05) is 16.5 Å². The van der Waals surface area contributed by atoms with Gasteiger partial charge in [0.1, 0.15) is 5.58 Å². The first-order valence-electron chi connectivity index (χ1n) is 7.41. The zero-order chi connectivity index (χ0) is 15.9. The molecule has 0 spiro atoms. The summed E-state index contributed by atoms with van der Waals surface area (Å²) in [6.07, 6.45) is 1.70. The molecule has 0 atom stereocenters. The van der Waals surface area contributed by atoms with E-state index in [4.69, 9.17) is 4.42 Å². The molecule has 2 nitrogen and oxygen atoms in total. The van der Waals surface area contributed by atoms with Crippen LogP contribution in [-0.2, 0) is 0 Å². The van der Waals surface area contributed by atoms with Crippen LogP contribution in [0.15, 0.2) is 102 Å². The minimum Gasteiger partial charge on any atom is -0.464 e. The highest BCUT2D eigenvalue weighted by molar-refractivity contribution is 6.08. The summed E-state index contributed by atoms with van der Waals surface area (Å²) >= 11 is 0. The van der Waals surface area contributed by atoms with Crippen molar-refractivity contribution in [3.8, 4) is 0 Å². The van der Waals surface area contributed by atoms with Gasteiger partial charge in [0.15, 0.2) is 5.78 Å². The molecule has 0 amide bonds. The highest BCUT2D eigenvalue weighted by Gasteiger charge is 2.06. The van der Waals surface area contributed by atoms with E-state index in [2.05, 4.69) is 0 Å². The SMILES string of the molecule is O=C(c1ccccc1)c1ccccc1.c1ccc2occc2c1. The molecule has 4 aromatic rings. The van der Waals surface area contributed by atoms with E-state index in [1.807, 2.05) is 91.0 Å². The molecule has 0 radical (unpaired) electrons. The monoisotopic (exact) mass is 300 g/mol. The number of para-hydroxylation sites is 1. The summed E-state index contributed by atoms with van der Waals surface area (Å²) in [5.74, 6) is 0.0752. The standard InChI is InChI=1S/C13H10O.C8H6O/c14-13(11-7-3-1-4-8-11)12-9-5-2-6-10-12;1-2-4-8-7(3-1)5-6-9-8/h1-10H;1-6H. The number of carbonyl (C=O) groups excluding carboxylic acids is 1. The highest BCUT2D eigenvalue weighted by Crippen LogP contribution is 2.12. The third-order valence-electron chi connectivity index (χ3n) is 3.43. The Bertz CT molecular complexity index is 806. The third kappa shape index (κ3) is 3.74. The second kappa shape index (κ2) is 7.23. The van der Waals surface area contributed by atoms with E-state index in [-0.39, 0.29) is 5.78 Å². The molecule has 0 aliphatic rings. The van der Waals surface area contributed by atoms with Crippen molar-refractivity contribution in [2.75, 3.05) is 0 Å². The Morgan fingerprint density at radius 1 is 0.609 bits per heavy atom. The summed E-state index contributed by atoms with van der Waals surface area (Å²) < 4.78 is 5.12. The molecule has 0 fully saturated rings. The number of fused-ring (bicyclic) bond motifs is 1. The van der Waals surface area contributed by atoms with Crippen molar-refractivity contribution in [2.45, 2.75) is 0 Å². The molecular formula is C21H16O2. The van der Waals surface area contributed by atoms with Crippen molar-refractivity contribution in [1.82, 2.24) is 0 Å². The van der Waals surface area contributed by atoms with E-state index in [9.17, 15) is 4.79 Å². The summed E-state index contributed by atoms with van der Waals surface area (Å²) in [6.45, 7) is 0. The molecule has 3 aromatic carbocycles. The van der Waals surface area contributed by atoms with Gasteiger partial charge in [0.05, 0.1) is 6.26 Å². The number of hydrogen-bond donors (Lipinski definition) is 0. The van der Waals surface area contributed by atoms with Crippen LogP contribution >= 0.6 is 0 Å². The molecule has 1 aromatic heterocycles. The van der Waals surface area contributed by atoms with Gasteiger partial charge in [0.25, 0.3) is 0 Å². The molecule has 2 heteroatoms. The summed E-state index contributed by atoms with van der Waals surface area (Å²) in [5.41, 5.74) is 2.43. The van der Waals surface area contributed by atoms with Crippen molar-refractivity contribution in [2.24, 2.45) is 0 Å². The predicted molar refractivity (Wildman–Crippen MR) is 92.5 cm³/mol. The molecule has 0 saturated heterocycles. The lowest BCUT2D eigenvalue weighted by Gasteiger charge is -1.99. The van der Waals surface area contributed by atoms with E-state index in [1.165, 1.54) is 0 Å². The molecule has 1 heterocycles. The van der Waals surface area contributed by atoms with Crippen LogP contribution in [0.25, 0.3) is 11.0 Å². The Hall–Kier alpha value is -3.13. The smallest absolute Gasteiger partial charge is 0.193 e. The predicted octanol–water partition coefficient (Wildman–Crippen LogP) is 5.35. The number of carbonyl (C=O) groups is 1. The van der Waals surface area contributed by atoms with Gasteiger partial charge in [-0.1, -0.05) is 78.9 Å². The average Bonchev–Trinajstić information content (AvgIpc) is 3.12. The van der Waals surface area contributed by atoms with Crippen molar-refractivity contribution in [1.29, 1.82) is 0 Å². The van der Waals surface area contributed by atoms with Crippen LogP contribution < -0.4 is 0 Å². The minimum atomic E-state index is 0.0752. The normalized spacial score (nSPS) is 9.91. The molecule has 23 heavy (non-hydrogen) atoms. The fourth-order valence-corrected chi connectivity index (χ4v) is 2.25. The van der Waals surface area contributed by atoms with Crippen LogP contribution in [0, 0.1) is 0 Å². The first-order valence-corrected chi connectivity index (χ1v) is 7.41. The summed E-state index contributed by atoms with van der Waals surface area (Å²) in [7, 11) is 0. The lowest BCUT2D eigenvalue weighted by Crippen LogP contribution is -1.99.